The van der Waals surface area contributed by atoms with Gasteiger partial charge in [-0.1, -0.05) is 84.9 Å². The molecular formula is C42H24N4. The largest absolute Gasteiger partial charge is 0.259 e. The van der Waals surface area contributed by atoms with Gasteiger partial charge in [-0.05, 0) is 109 Å². The van der Waals surface area contributed by atoms with Crippen LogP contribution >= 0.6 is 0 Å². The molecule has 0 unspecified atom stereocenters. The van der Waals surface area contributed by atoms with Crippen molar-refractivity contribution in [3.8, 4) is 50.8 Å². The molecule has 0 radical (unpaired) electrons. The Bertz CT molecular complexity index is 2390. The molecule has 4 heteroatoms. The molecule has 0 saturated heterocycles. The molecule has 0 amide bonds. The molecule has 0 atom stereocenters. The van der Waals surface area contributed by atoms with Crippen LogP contribution in [0.25, 0.3) is 81.9 Å². The minimum Gasteiger partial charge on any atom is -0.259 e. The van der Waals surface area contributed by atoms with E-state index in [1.807, 2.05) is 24.3 Å². The van der Waals surface area contributed by atoms with Crippen molar-refractivity contribution in [1.29, 1.82) is 5.26 Å². The van der Waals surface area contributed by atoms with E-state index in [2.05, 4.69) is 118 Å². The molecule has 2 aromatic heterocycles. The third-order valence-electron chi connectivity index (χ3n) is 8.58. The lowest BCUT2D eigenvalue weighted by Crippen LogP contribution is -1.90. The maximum Gasteiger partial charge on any atom is 0.190 e. The highest BCUT2D eigenvalue weighted by atomic mass is 14.7. The summed E-state index contributed by atoms with van der Waals surface area (Å²) in [7, 11) is 0. The summed E-state index contributed by atoms with van der Waals surface area (Å²) in [5.74, 6) is 0. The van der Waals surface area contributed by atoms with Gasteiger partial charge in [0.2, 0.25) is 0 Å². The van der Waals surface area contributed by atoms with E-state index < -0.39 is 0 Å². The molecule has 46 heavy (non-hydrogen) atoms. The van der Waals surface area contributed by atoms with E-state index in [4.69, 9.17) is 6.57 Å². The summed E-state index contributed by atoms with van der Waals surface area (Å²) in [6.45, 7) is 7.43. The van der Waals surface area contributed by atoms with Crippen molar-refractivity contribution >= 4 is 38.0 Å². The van der Waals surface area contributed by atoms with Crippen LogP contribution in [-0.4, -0.2) is 9.97 Å². The molecule has 0 saturated carbocycles. The number of aromatic nitrogens is 2. The Morgan fingerprint density at radius 3 is 1.52 bits per heavy atom. The SMILES string of the molecule is [C-]#[N+]c1ccnc(-c2cccc(-c3cc4c5ccccc5c(-c5cccc(-c6cc(C#N)ccn6)c5)cc4c4ccccc34)c2)c1. The summed E-state index contributed by atoms with van der Waals surface area (Å²) >= 11 is 0. The Balaban J connectivity index is 1.36. The van der Waals surface area contributed by atoms with Gasteiger partial charge >= 0.3 is 0 Å². The number of fused-ring (bicyclic) bond motifs is 5. The lowest BCUT2D eigenvalue weighted by molar-refractivity contribution is 1.31. The van der Waals surface area contributed by atoms with Gasteiger partial charge in [-0.25, -0.2) is 4.85 Å². The fourth-order valence-electron chi connectivity index (χ4n) is 6.43. The summed E-state index contributed by atoms with van der Waals surface area (Å²) in [5, 5.41) is 16.5. The number of pyridine rings is 2. The predicted octanol–water partition coefficient (Wildman–Crippen LogP) is 11.0. The zero-order chi connectivity index (χ0) is 31.0. The lowest BCUT2D eigenvalue weighted by Gasteiger charge is -2.17. The number of hydrogen-bond donors (Lipinski definition) is 0. The molecule has 0 aliphatic heterocycles. The number of hydrogen-bond acceptors (Lipinski definition) is 3. The van der Waals surface area contributed by atoms with Crippen molar-refractivity contribution in [1.82, 2.24) is 9.97 Å². The van der Waals surface area contributed by atoms with Crippen LogP contribution in [0.1, 0.15) is 5.56 Å². The quantitative estimate of drug-likeness (QED) is 0.153. The Morgan fingerprint density at radius 2 is 0.978 bits per heavy atom. The van der Waals surface area contributed by atoms with Crippen LogP contribution in [0.15, 0.2) is 146 Å². The van der Waals surface area contributed by atoms with Crippen molar-refractivity contribution in [2.24, 2.45) is 0 Å². The van der Waals surface area contributed by atoms with E-state index in [0.717, 1.165) is 44.8 Å². The molecule has 4 nitrogen and oxygen atoms in total. The normalized spacial score (nSPS) is 11.0. The number of nitrogens with zero attached hydrogens (tertiary/aromatic N) is 4. The van der Waals surface area contributed by atoms with Crippen LogP contribution in [0.2, 0.25) is 0 Å². The second-order valence-electron chi connectivity index (χ2n) is 11.2. The summed E-state index contributed by atoms with van der Waals surface area (Å²) < 4.78 is 0. The Labute approximate surface area is 266 Å². The van der Waals surface area contributed by atoms with Gasteiger partial charge in [0, 0.05) is 18.0 Å². The molecule has 0 aliphatic rings. The molecule has 212 valence electrons. The summed E-state index contributed by atoms with van der Waals surface area (Å²) in [6.07, 6.45) is 3.38. The second-order valence-corrected chi connectivity index (χ2v) is 11.2. The summed E-state index contributed by atoms with van der Waals surface area (Å²) in [6, 6.07) is 48.0. The molecule has 8 rings (SSSR count). The molecule has 0 fully saturated rings. The van der Waals surface area contributed by atoms with Crippen LogP contribution in [0.3, 0.4) is 0 Å². The zero-order valence-electron chi connectivity index (χ0n) is 24.6. The van der Waals surface area contributed by atoms with Gasteiger partial charge in [0.15, 0.2) is 5.69 Å². The summed E-state index contributed by atoms with van der Waals surface area (Å²) in [5.41, 5.74) is 9.15. The zero-order valence-corrected chi connectivity index (χ0v) is 24.6. The van der Waals surface area contributed by atoms with E-state index in [9.17, 15) is 5.26 Å². The first-order valence-electron chi connectivity index (χ1n) is 15.0. The van der Waals surface area contributed by atoms with Gasteiger partial charge in [0.05, 0.1) is 29.6 Å². The van der Waals surface area contributed by atoms with Gasteiger partial charge in [-0.3, -0.25) is 9.97 Å². The first-order valence-corrected chi connectivity index (χ1v) is 15.0. The van der Waals surface area contributed by atoms with Gasteiger partial charge in [-0.15, -0.1) is 0 Å². The van der Waals surface area contributed by atoms with Crippen molar-refractivity contribution in [2.75, 3.05) is 0 Å². The van der Waals surface area contributed by atoms with E-state index in [0.29, 0.717) is 11.3 Å². The van der Waals surface area contributed by atoms with Crippen LogP contribution in [0.4, 0.5) is 5.69 Å². The van der Waals surface area contributed by atoms with Crippen LogP contribution < -0.4 is 0 Å². The number of benzene rings is 6. The van der Waals surface area contributed by atoms with Crippen molar-refractivity contribution in [3.63, 3.8) is 0 Å². The highest BCUT2D eigenvalue weighted by Gasteiger charge is 2.15. The highest BCUT2D eigenvalue weighted by Crippen LogP contribution is 2.42. The number of nitriles is 1. The maximum absolute atomic E-state index is 9.43. The Kier molecular flexibility index (Phi) is 6.53. The van der Waals surface area contributed by atoms with E-state index in [1.54, 1.807) is 24.5 Å². The third kappa shape index (κ3) is 4.63. The first kappa shape index (κ1) is 27.0. The molecular weight excluding hydrogens is 560 g/mol. The van der Waals surface area contributed by atoms with Crippen molar-refractivity contribution in [3.05, 3.63) is 163 Å². The maximum atomic E-state index is 9.43. The first-order chi connectivity index (χ1) is 22.7. The van der Waals surface area contributed by atoms with Crippen LogP contribution in [-0.2, 0) is 0 Å². The molecule has 2 heterocycles. The van der Waals surface area contributed by atoms with Crippen molar-refractivity contribution < 1.29 is 0 Å². The van der Waals surface area contributed by atoms with Crippen molar-refractivity contribution in [2.45, 2.75) is 0 Å². The Morgan fingerprint density at radius 1 is 0.478 bits per heavy atom. The minimum absolute atomic E-state index is 0.575. The smallest absolute Gasteiger partial charge is 0.190 e. The van der Waals surface area contributed by atoms with E-state index in [1.165, 1.54) is 32.3 Å². The third-order valence-corrected chi connectivity index (χ3v) is 8.58. The highest BCUT2D eigenvalue weighted by molar-refractivity contribution is 6.23. The van der Waals surface area contributed by atoms with E-state index >= 15 is 0 Å². The summed E-state index contributed by atoms with van der Waals surface area (Å²) in [4.78, 5) is 12.7. The molecule has 6 aromatic carbocycles. The Hall–Kier alpha value is -6.62. The minimum atomic E-state index is 0.575. The predicted molar refractivity (Wildman–Crippen MR) is 187 cm³/mol. The van der Waals surface area contributed by atoms with E-state index in [-0.39, 0.29) is 0 Å². The van der Waals surface area contributed by atoms with Gasteiger partial charge in [0.25, 0.3) is 0 Å². The number of rotatable bonds is 4. The molecule has 8 aromatic rings. The molecule has 0 aliphatic carbocycles. The molecule has 0 spiro atoms. The monoisotopic (exact) mass is 584 g/mol. The molecule has 0 N–H and O–H groups in total. The van der Waals surface area contributed by atoms with Gasteiger partial charge < -0.3 is 0 Å². The topological polar surface area (TPSA) is 53.9 Å². The fraction of sp³-hybridized carbons (Fsp3) is 0. The average molecular weight is 585 g/mol. The standard InChI is InChI=1S/C42H24N4/c1-44-32-17-19-46-42(23-32)31-11-7-9-29(22-31)38-25-40-35-14-4-2-12-33(35)37(24-39(40)36-15-5-3-13-34(36)38)28-8-6-10-30(21-28)41-20-27(26-43)16-18-45-41/h2-25H. The lowest BCUT2D eigenvalue weighted by atomic mass is 9.87. The van der Waals surface area contributed by atoms with Gasteiger partial charge in [-0.2, -0.15) is 5.26 Å². The second kappa shape index (κ2) is 11.1. The van der Waals surface area contributed by atoms with Gasteiger partial charge in [0.1, 0.15) is 0 Å². The average Bonchev–Trinajstić information content (AvgIpc) is 3.14. The van der Waals surface area contributed by atoms with Crippen LogP contribution in [0, 0.1) is 17.9 Å². The fourth-order valence-corrected chi connectivity index (χ4v) is 6.43. The molecule has 0 bridgehead atoms. The van der Waals surface area contributed by atoms with Crippen LogP contribution in [0.5, 0.6) is 0 Å².